The Morgan fingerprint density at radius 1 is 1.47 bits per heavy atom. The molecule has 0 fully saturated rings. The molecular formula is C15H20FNO2. The van der Waals surface area contributed by atoms with Crippen molar-refractivity contribution < 1.29 is 14.3 Å². The minimum Gasteiger partial charge on any atom is -0.396 e. The van der Waals surface area contributed by atoms with E-state index in [0.717, 1.165) is 0 Å². The van der Waals surface area contributed by atoms with Crippen LogP contribution in [0.15, 0.2) is 30.3 Å². The van der Waals surface area contributed by atoms with Crippen LogP contribution in [0, 0.1) is 11.7 Å². The first-order valence-corrected chi connectivity index (χ1v) is 6.29. The summed E-state index contributed by atoms with van der Waals surface area (Å²) in [6.45, 7) is 5.47. The molecule has 19 heavy (non-hydrogen) atoms. The molecule has 2 atom stereocenters. The van der Waals surface area contributed by atoms with Gasteiger partial charge in [0.25, 0.3) is 0 Å². The van der Waals surface area contributed by atoms with E-state index in [1.54, 1.807) is 19.1 Å². The van der Waals surface area contributed by atoms with Crippen molar-refractivity contribution in [2.75, 3.05) is 6.61 Å². The number of hydrogen-bond donors (Lipinski definition) is 2. The first-order chi connectivity index (χ1) is 8.93. The fourth-order valence-corrected chi connectivity index (χ4v) is 1.58. The van der Waals surface area contributed by atoms with Crippen LogP contribution >= 0.6 is 0 Å². The van der Waals surface area contributed by atoms with Crippen molar-refractivity contribution in [1.29, 1.82) is 0 Å². The third-order valence-corrected chi connectivity index (χ3v) is 3.14. The molecule has 0 bridgehead atoms. The molecule has 0 aliphatic carbocycles. The monoisotopic (exact) mass is 265 g/mol. The van der Waals surface area contributed by atoms with Crippen LogP contribution in [0.3, 0.4) is 0 Å². The Labute approximate surface area is 113 Å². The maximum Gasteiger partial charge on any atom is 0.244 e. The van der Waals surface area contributed by atoms with Gasteiger partial charge in [-0.1, -0.05) is 19.1 Å². The van der Waals surface area contributed by atoms with Crippen LogP contribution in [0.1, 0.15) is 26.3 Å². The summed E-state index contributed by atoms with van der Waals surface area (Å²) in [5.41, 5.74) is 1.37. The zero-order chi connectivity index (χ0) is 14.4. The summed E-state index contributed by atoms with van der Waals surface area (Å²) in [5, 5.41) is 11.8. The average Bonchev–Trinajstić information content (AvgIpc) is 2.37. The van der Waals surface area contributed by atoms with Crippen molar-refractivity contribution in [2.45, 2.75) is 26.8 Å². The second-order valence-electron chi connectivity index (χ2n) is 4.79. The van der Waals surface area contributed by atoms with E-state index in [2.05, 4.69) is 5.32 Å². The normalized spacial score (nSPS) is 14.9. The zero-order valence-electron chi connectivity index (χ0n) is 11.5. The highest BCUT2D eigenvalue weighted by Crippen LogP contribution is 2.14. The zero-order valence-corrected chi connectivity index (χ0v) is 11.5. The number of carbonyl (C=O) groups excluding carboxylic acids is 1. The van der Waals surface area contributed by atoms with E-state index in [-0.39, 0.29) is 30.3 Å². The molecule has 0 heterocycles. The minimum absolute atomic E-state index is 0.00757. The van der Waals surface area contributed by atoms with E-state index in [4.69, 9.17) is 5.11 Å². The number of hydrogen-bond acceptors (Lipinski definition) is 2. The van der Waals surface area contributed by atoms with Gasteiger partial charge in [-0.25, -0.2) is 4.39 Å². The third kappa shape index (κ3) is 4.83. The number of benzene rings is 1. The molecular weight excluding hydrogens is 245 g/mol. The number of amides is 1. The number of rotatable bonds is 5. The Hall–Kier alpha value is -1.68. The van der Waals surface area contributed by atoms with Crippen molar-refractivity contribution in [1.82, 2.24) is 5.32 Å². The van der Waals surface area contributed by atoms with Crippen LogP contribution in [-0.4, -0.2) is 23.7 Å². The molecule has 1 rings (SSSR count). The quantitative estimate of drug-likeness (QED) is 0.803. The molecule has 2 unspecified atom stereocenters. The minimum atomic E-state index is -0.326. The van der Waals surface area contributed by atoms with E-state index in [9.17, 15) is 9.18 Å². The van der Waals surface area contributed by atoms with Crippen LogP contribution in [0.4, 0.5) is 4.39 Å². The largest absolute Gasteiger partial charge is 0.396 e. The maximum absolute atomic E-state index is 13.1. The molecule has 3 nitrogen and oxygen atoms in total. The molecule has 0 aliphatic rings. The van der Waals surface area contributed by atoms with Gasteiger partial charge < -0.3 is 10.4 Å². The SMILES string of the molecule is C/C(=C/C(=O)NC(C)C(C)CO)c1cccc(F)c1. The fraction of sp³-hybridized carbons (Fsp3) is 0.400. The summed E-state index contributed by atoms with van der Waals surface area (Å²) in [6.07, 6.45) is 1.44. The van der Waals surface area contributed by atoms with Gasteiger partial charge in [0.15, 0.2) is 0 Å². The standard InChI is InChI=1S/C15H20FNO2/c1-10(13-5-4-6-14(16)8-13)7-15(19)17-12(3)11(2)9-18/h4-8,11-12,18H,9H2,1-3H3,(H,17,19)/b10-7-. The molecule has 0 spiro atoms. The van der Waals surface area contributed by atoms with Gasteiger partial charge in [-0.05, 0) is 43.0 Å². The van der Waals surface area contributed by atoms with Crippen LogP contribution in [0.2, 0.25) is 0 Å². The van der Waals surface area contributed by atoms with E-state index < -0.39 is 0 Å². The Balaban J connectivity index is 2.71. The van der Waals surface area contributed by atoms with E-state index in [0.29, 0.717) is 11.1 Å². The van der Waals surface area contributed by atoms with Crippen molar-refractivity contribution in [3.63, 3.8) is 0 Å². The van der Waals surface area contributed by atoms with Gasteiger partial charge in [-0.2, -0.15) is 0 Å². The summed E-state index contributed by atoms with van der Waals surface area (Å²) < 4.78 is 13.1. The number of carbonyl (C=O) groups is 1. The second-order valence-corrected chi connectivity index (χ2v) is 4.79. The first-order valence-electron chi connectivity index (χ1n) is 6.29. The average molecular weight is 265 g/mol. The Kier molecular flexibility index (Phi) is 5.70. The number of halogens is 1. The second kappa shape index (κ2) is 7.04. The number of nitrogens with one attached hydrogen (secondary N) is 1. The Bertz CT molecular complexity index is 471. The smallest absolute Gasteiger partial charge is 0.244 e. The summed E-state index contributed by atoms with van der Waals surface area (Å²) in [5.74, 6) is -0.575. The van der Waals surface area contributed by atoms with Crippen LogP contribution < -0.4 is 5.32 Å². The molecule has 0 saturated carbocycles. The van der Waals surface area contributed by atoms with Gasteiger partial charge in [-0.15, -0.1) is 0 Å². The molecule has 0 aromatic heterocycles. The molecule has 0 saturated heterocycles. The fourth-order valence-electron chi connectivity index (χ4n) is 1.58. The molecule has 4 heteroatoms. The molecule has 0 radical (unpaired) electrons. The molecule has 1 aromatic carbocycles. The van der Waals surface area contributed by atoms with Gasteiger partial charge in [-0.3, -0.25) is 4.79 Å². The topological polar surface area (TPSA) is 49.3 Å². The molecule has 1 aromatic rings. The predicted molar refractivity (Wildman–Crippen MR) is 73.9 cm³/mol. The lowest BCUT2D eigenvalue weighted by Gasteiger charge is -2.18. The molecule has 1 amide bonds. The van der Waals surface area contributed by atoms with E-state index in [1.807, 2.05) is 13.8 Å². The van der Waals surface area contributed by atoms with Crippen molar-refractivity contribution >= 4 is 11.5 Å². The number of aliphatic hydroxyl groups excluding tert-OH is 1. The summed E-state index contributed by atoms with van der Waals surface area (Å²) in [7, 11) is 0. The summed E-state index contributed by atoms with van der Waals surface area (Å²) in [6, 6.07) is 5.99. The van der Waals surface area contributed by atoms with Gasteiger partial charge >= 0.3 is 0 Å². The Morgan fingerprint density at radius 3 is 2.74 bits per heavy atom. The maximum atomic E-state index is 13.1. The highest BCUT2D eigenvalue weighted by molar-refractivity contribution is 5.94. The number of allylic oxidation sites excluding steroid dienone is 1. The van der Waals surface area contributed by atoms with Gasteiger partial charge in [0.1, 0.15) is 5.82 Å². The van der Waals surface area contributed by atoms with Crippen molar-refractivity contribution in [3.05, 3.63) is 41.7 Å². The predicted octanol–water partition coefficient (Wildman–Crippen LogP) is 2.36. The number of aliphatic hydroxyl groups is 1. The van der Waals surface area contributed by atoms with Crippen molar-refractivity contribution in [3.8, 4) is 0 Å². The van der Waals surface area contributed by atoms with Gasteiger partial charge in [0.2, 0.25) is 5.91 Å². The van der Waals surface area contributed by atoms with Gasteiger partial charge in [0.05, 0.1) is 0 Å². The van der Waals surface area contributed by atoms with Crippen LogP contribution in [-0.2, 0) is 4.79 Å². The highest BCUT2D eigenvalue weighted by atomic mass is 19.1. The molecule has 2 N–H and O–H groups in total. The molecule has 0 aliphatic heterocycles. The van der Waals surface area contributed by atoms with E-state index in [1.165, 1.54) is 18.2 Å². The van der Waals surface area contributed by atoms with E-state index >= 15 is 0 Å². The van der Waals surface area contributed by atoms with Crippen LogP contribution in [0.25, 0.3) is 5.57 Å². The molecule has 104 valence electrons. The first kappa shape index (κ1) is 15.4. The Morgan fingerprint density at radius 2 is 2.16 bits per heavy atom. The third-order valence-electron chi connectivity index (χ3n) is 3.14. The van der Waals surface area contributed by atoms with Crippen LogP contribution in [0.5, 0.6) is 0 Å². The van der Waals surface area contributed by atoms with Crippen molar-refractivity contribution in [2.24, 2.45) is 5.92 Å². The van der Waals surface area contributed by atoms with Gasteiger partial charge in [0, 0.05) is 18.7 Å². The lowest BCUT2D eigenvalue weighted by molar-refractivity contribution is -0.117. The highest BCUT2D eigenvalue weighted by Gasteiger charge is 2.12. The lowest BCUT2D eigenvalue weighted by atomic mass is 10.0. The lowest BCUT2D eigenvalue weighted by Crippen LogP contribution is -2.37. The summed E-state index contributed by atoms with van der Waals surface area (Å²) >= 11 is 0. The summed E-state index contributed by atoms with van der Waals surface area (Å²) in [4.78, 5) is 11.8.